The van der Waals surface area contributed by atoms with Gasteiger partial charge in [0.25, 0.3) is 5.91 Å². The Labute approximate surface area is 109 Å². The molecule has 0 saturated carbocycles. The quantitative estimate of drug-likeness (QED) is 0.879. The first-order chi connectivity index (χ1) is 7.40. The zero-order chi connectivity index (χ0) is 12.3. The van der Waals surface area contributed by atoms with Gasteiger partial charge in [0.05, 0.1) is 0 Å². The summed E-state index contributed by atoms with van der Waals surface area (Å²) in [6.45, 7) is 1.41. The van der Waals surface area contributed by atoms with Crippen LogP contribution in [0.5, 0.6) is 0 Å². The van der Waals surface area contributed by atoms with Gasteiger partial charge in [0.2, 0.25) is 0 Å². The predicted octanol–water partition coefficient (Wildman–Crippen LogP) is 2.41. The van der Waals surface area contributed by atoms with E-state index < -0.39 is 17.9 Å². The number of rotatable bonds is 3. The van der Waals surface area contributed by atoms with Crippen LogP contribution in [-0.4, -0.2) is 23.0 Å². The van der Waals surface area contributed by atoms with E-state index >= 15 is 0 Å². The van der Waals surface area contributed by atoms with Gasteiger partial charge < -0.3 is 10.4 Å². The molecule has 0 aromatic heterocycles. The summed E-state index contributed by atoms with van der Waals surface area (Å²) in [7, 11) is 0. The van der Waals surface area contributed by atoms with Crippen molar-refractivity contribution in [3.05, 3.63) is 32.7 Å². The number of hydrogen-bond acceptors (Lipinski definition) is 2. The fraction of sp³-hybridized carbons (Fsp3) is 0.200. The molecule has 0 bridgehead atoms. The third-order valence-corrected chi connectivity index (χ3v) is 2.76. The van der Waals surface area contributed by atoms with Crippen LogP contribution < -0.4 is 5.32 Å². The summed E-state index contributed by atoms with van der Waals surface area (Å²) in [5.41, 5.74) is 0.398. The minimum absolute atomic E-state index is 0.398. The maximum absolute atomic E-state index is 11.6. The van der Waals surface area contributed by atoms with E-state index in [1.165, 1.54) is 6.92 Å². The molecular weight excluding hydrogens is 342 g/mol. The SMILES string of the molecule is C[C@H](NC(=O)c1cc(Br)cc(Br)c1)C(=O)O. The van der Waals surface area contributed by atoms with E-state index in [0.717, 1.165) is 8.95 Å². The van der Waals surface area contributed by atoms with Crippen LogP contribution in [0.3, 0.4) is 0 Å². The lowest BCUT2D eigenvalue weighted by atomic mass is 10.2. The highest BCUT2D eigenvalue weighted by molar-refractivity contribution is 9.11. The van der Waals surface area contributed by atoms with E-state index in [1.807, 2.05) is 0 Å². The zero-order valence-corrected chi connectivity index (χ0v) is 11.5. The van der Waals surface area contributed by atoms with Crippen molar-refractivity contribution in [2.24, 2.45) is 0 Å². The van der Waals surface area contributed by atoms with Crippen molar-refractivity contribution >= 4 is 43.7 Å². The van der Waals surface area contributed by atoms with Crippen molar-refractivity contribution < 1.29 is 14.7 Å². The Kier molecular flexibility index (Phi) is 4.49. The molecule has 86 valence electrons. The number of nitrogens with one attached hydrogen (secondary N) is 1. The Morgan fingerprint density at radius 2 is 1.75 bits per heavy atom. The van der Waals surface area contributed by atoms with Crippen LogP contribution in [0.2, 0.25) is 0 Å². The summed E-state index contributed by atoms with van der Waals surface area (Å²) in [6, 6.07) is 4.12. The number of aliphatic carboxylic acids is 1. The smallest absolute Gasteiger partial charge is 0.325 e. The van der Waals surface area contributed by atoms with Gasteiger partial charge in [-0.15, -0.1) is 0 Å². The van der Waals surface area contributed by atoms with Gasteiger partial charge >= 0.3 is 5.97 Å². The van der Waals surface area contributed by atoms with Gasteiger partial charge in [-0.2, -0.15) is 0 Å². The van der Waals surface area contributed by atoms with E-state index in [-0.39, 0.29) is 0 Å². The number of halogens is 2. The molecule has 0 unspecified atom stereocenters. The Morgan fingerprint density at radius 3 is 2.19 bits per heavy atom. The molecule has 4 nitrogen and oxygen atoms in total. The molecule has 1 atom stereocenters. The zero-order valence-electron chi connectivity index (χ0n) is 8.33. The van der Waals surface area contributed by atoms with Crippen LogP contribution in [0.25, 0.3) is 0 Å². The third kappa shape index (κ3) is 3.61. The monoisotopic (exact) mass is 349 g/mol. The number of carbonyl (C=O) groups excluding carboxylic acids is 1. The molecule has 0 saturated heterocycles. The standard InChI is InChI=1S/C10H9Br2NO3/c1-5(10(15)16)13-9(14)6-2-7(11)4-8(12)3-6/h2-5H,1H3,(H,13,14)(H,15,16)/t5-/m0/s1. The molecule has 0 radical (unpaired) electrons. The van der Waals surface area contributed by atoms with E-state index in [9.17, 15) is 9.59 Å². The predicted molar refractivity (Wildman–Crippen MR) is 66.4 cm³/mol. The molecular formula is C10H9Br2NO3. The van der Waals surface area contributed by atoms with Crippen LogP contribution in [-0.2, 0) is 4.79 Å². The van der Waals surface area contributed by atoms with Crippen molar-refractivity contribution in [3.63, 3.8) is 0 Å². The number of carbonyl (C=O) groups is 2. The van der Waals surface area contributed by atoms with Crippen molar-refractivity contribution in [1.29, 1.82) is 0 Å². The van der Waals surface area contributed by atoms with Crippen LogP contribution in [0, 0.1) is 0 Å². The summed E-state index contributed by atoms with van der Waals surface area (Å²) in [5, 5.41) is 11.0. The highest BCUT2D eigenvalue weighted by atomic mass is 79.9. The number of carboxylic acids is 1. The van der Waals surface area contributed by atoms with E-state index in [2.05, 4.69) is 37.2 Å². The Hall–Kier alpha value is -0.880. The summed E-state index contributed by atoms with van der Waals surface area (Å²) in [6.07, 6.45) is 0. The maximum atomic E-state index is 11.6. The Morgan fingerprint density at radius 1 is 1.25 bits per heavy atom. The van der Waals surface area contributed by atoms with E-state index in [0.29, 0.717) is 5.56 Å². The average molecular weight is 351 g/mol. The number of carboxylic acid groups (broad SMARTS) is 1. The molecule has 0 fully saturated rings. The van der Waals surface area contributed by atoms with Crippen molar-refractivity contribution in [2.75, 3.05) is 0 Å². The lowest BCUT2D eigenvalue weighted by Gasteiger charge is -2.09. The van der Waals surface area contributed by atoms with Crippen LogP contribution in [0.1, 0.15) is 17.3 Å². The molecule has 1 aromatic rings. The number of benzene rings is 1. The lowest BCUT2D eigenvalue weighted by Crippen LogP contribution is -2.38. The summed E-state index contributed by atoms with van der Waals surface area (Å²) >= 11 is 6.50. The fourth-order valence-corrected chi connectivity index (χ4v) is 2.32. The minimum atomic E-state index is -1.07. The second-order valence-corrected chi connectivity index (χ2v) is 5.02. The second kappa shape index (κ2) is 5.45. The summed E-state index contributed by atoms with van der Waals surface area (Å²) in [5.74, 6) is -1.49. The van der Waals surface area contributed by atoms with Gasteiger partial charge in [-0.1, -0.05) is 31.9 Å². The van der Waals surface area contributed by atoms with Gasteiger partial charge in [-0.25, -0.2) is 0 Å². The first-order valence-electron chi connectivity index (χ1n) is 4.40. The van der Waals surface area contributed by atoms with E-state index in [1.54, 1.807) is 18.2 Å². The molecule has 0 aliphatic rings. The lowest BCUT2D eigenvalue weighted by molar-refractivity contribution is -0.138. The maximum Gasteiger partial charge on any atom is 0.325 e. The number of hydrogen-bond donors (Lipinski definition) is 2. The summed E-state index contributed by atoms with van der Waals surface area (Å²) < 4.78 is 1.49. The third-order valence-electron chi connectivity index (χ3n) is 1.84. The van der Waals surface area contributed by atoms with Gasteiger partial charge in [0.1, 0.15) is 6.04 Å². The van der Waals surface area contributed by atoms with E-state index in [4.69, 9.17) is 5.11 Å². The Balaban J connectivity index is 2.84. The first kappa shape index (κ1) is 13.2. The van der Waals surface area contributed by atoms with Crippen molar-refractivity contribution in [1.82, 2.24) is 5.32 Å². The fourth-order valence-electron chi connectivity index (χ4n) is 1.03. The summed E-state index contributed by atoms with van der Waals surface area (Å²) in [4.78, 5) is 22.2. The molecule has 0 spiro atoms. The highest BCUT2D eigenvalue weighted by Gasteiger charge is 2.15. The molecule has 16 heavy (non-hydrogen) atoms. The van der Waals surface area contributed by atoms with Gasteiger partial charge in [0, 0.05) is 14.5 Å². The van der Waals surface area contributed by atoms with Crippen molar-refractivity contribution in [2.45, 2.75) is 13.0 Å². The normalized spacial score (nSPS) is 11.9. The molecule has 6 heteroatoms. The molecule has 1 rings (SSSR count). The molecule has 0 aliphatic carbocycles. The Bertz CT molecular complexity index is 414. The van der Waals surface area contributed by atoms with Crippen molar-refractivity contribution in [3.8, 4) is 0 Å². The molecule has 0 heterocycles. The number of amides is 1. The first-order valence-corrected chi connectivity index (χ1v) is 5.98. The van der Waals surface area contributed by atoms with Gasteiger partial charge in [-0.05, 0) is 25.1 Å². The highest BCUT2D eigenvalue weighted by Crippen LogP contribution is 2.20. The topological polar surface area (TPSA) is 66.4 Å². The van der Waals surface area contributed by atoms with Crippen LogP contribution in [0.4, 0.5) is 0 Å². The molecule has 1 amide bonds. The molecule has 1 aromatic carbocycles. The largest absolute Gasteiger partial charge is 0.480 e. The van der Waals surface area contributed by atoms with Crippen LogP contribution in [0.15, 0.2) is 27.1 Å². The molecule has 2 N–H and O–H groups in total. The second-order valence-electron chi connectivity index (χ2n) is 3.19. The molecule has 0 aliphatic heterocycles. The minimum Gasteiger partial charge on any atom is -0.480 e. The van der Waals surface area contributed by atoms with Gasteiger partial charge in [0.15, 0.2) is 0 Å². The van der Waals surface area contributed by atoms with Gasteiger partial charge in [-0.3, -0.25) is 9.59 Å². The average Bonchev–Trinajstić information content (AvgIpc) is 2.15. The van der Waals surface area contributed by atoms with Crippen LogP contribution >= 0.6 is 31.9 Å².